The number of unbranched alkanes of at least 4 members (excludes halogenated alkanes) is 6. The topological polar surface area (TPSA) is 127 Å². The number of azo groups is 1. The second kappa shape index (κ2) is 31.2. The Balaban J connectivity index is 1.08. The highest BCUT2D eigenvalue weighted by molar-refractivity contribution is 6.38. The lowest BCUT2D eigenvalue weighted by Gasteiger charge is -2.40. The van der Waals surface area contributed by atoms with Crippen LogP contribution in [0.4, 0.5) is 17.1 Å². The van der Waals surface area contributed by atoms with Crippen molar-refractivity contribution in [2.75, 3.05) is 33.0 Å². The van der Waals surface area contributed by atoms with Crippen LogP contribution in [0.25, 0.3) is 10.8 Å². The number of carbonyl (C=O) groups is 2. The largest absolute Gasteiger partial charge is 0.493 e. The number of aliphatic imine (C=N–C) groups is 1. The third kappa shape index (κ3) is 17.4. The number of esters is 2. The maximum absolute atomic E-state index is 15.1. The minimum Gasteiger partial charge on any atom is -0.493 e. The molecule has 1 heterocycles. The first-order valence-electron chi connectivity index (χ1n) is 29.8. The van der Waals surface area contributed by atoms with Crippen molar-refractivity contribution in [3.8, 4) is 34.8 Å². The number of carbonyl (C=O) groups excluding carboxylic acids is 2. The van der Waals surface area contributed by atoms with E-state index in [2.05, 4.69) is 79.2 Å². The van der Waals surface area contributed by atoms with Gasteiger partial charge in [-0.3, -0.25) is 4.99 Å². The fourth-order valence-corrected chi connectivity index (χ4v) is 10.8. The van der Waals surface area contributed by atoms with Crippen LogP contribution in [0.2, 0.25) is 10.0 Å². The molecule has 0 atom stereocenters. The minimum absolute atomic E-state index is 0.00364. The summed E-state index contributed by atoms with van der Waals surface area (Å²) in [7, 11) is 0. The lowest BCUT2D eigenvalue weighted by molar-refractivity contribution is -0.150. The van der Waals surface area contributed by atoms with Crippen LogP contribution in [0.5, 0.6) is 23.0 Å². The Morgan fingerprint density at radius 3 is 2.01 bits per heavy atom. The first-order chi connectivity index (χ1) is 41.2. The summed E-state index contributed by atoms with van der Waals surface area (Å²) in [5.41, 5.74) is 10.4. The Morgan fingerprint density at radius 1 is 0.635 bits per heavy atom. The van der Waals surface area contributed by atoms with Crippen LogP contribution in [0, 0.1) is 51.9 Å². The molecule has 0 unspecified atom stereocenters. The molecule has 0 spiro atoms. The van der Waals surface area contributed by atoms with Crippen LogP contribution in [0.15, 0.2) is 130 Å². The molecular formula is C72H79Cl2N3O8. The van der Waals surface area contributed by atoms with Crippen LogP contribution in [0.1, 0.15) is 157 Å². The van der Waals surface area contributed by atoms with E-state index in [1.807, 2.05) is 52.0 Å². The van der Waals surface area contributed by atoms with E-state index in [4.69, 9.17) is 56.6 Å². The molecule has 0 bridgehead atoms. The van der Waals surface area contributed by atoms with Gasteiger partial charge in [0.15, 0.2) is 5.75 Å². The Kier molecular flexibility index (Phi) is 23.4. The lowest BCUT2D eigenvalue weighted by Crippen LogP contribution is -2.45. The summed E-state index contributed by atoms with van der Waals surface area (Å²) in [4.78, 5) is 34.8. The molecule has 1 aliphatic heterocycles. The molecule has 0 aliphatic carbocycles. The van der Waals surface area contributed by atoms with E-state index < -0.39 is 11.9 Å². The van der Waals surface area contributed by atoms with E-state index in [9.17, 15) is 4.79 Å². The van der Waals surface area contributed by atoms with Gasteiger partial charge in [0.2, 0.25) is 0 Å². The molecule has 1 fully saturated rings. The van der Waals surface area contributed by atoms with E-state index in [-0.39, 0.29) is 38.8 Å². The first kappa shape index (κ1) is 63.7. The Morgan fingerprint density at radius 2 is 1.33 bits per heavy atom. The lowest BCUT2D eigenvalue weighted by atomic mass is 9.84. The molecule has 0 N–H and O–H groups in total. The van der Waals surface area contributed by atoms with Gasteiger partial charge in [0.05, 0.1) is 48.9 Å². The van der Waals surface area contributed by atoms with Gasteiger partial charge in [-0.2, -0.15) is 10.2 Å². The number of aryl methyl sites for hydroxylation is 6. The van der Waals surface area contributed by atoms with E-state index in [0.717, 1.165) is 110 Å². The number of benzene rings is 7. The third-order valence-corrected chi connectivity index (χ3v) is 16.0. The van der Waals surface area contributed by atoms with Gasteiger partial charge in [-0.05, 0) is 199 Å². The summed E-state index contributed by atoms with van der Waals surface area (Å²) < 4.78 is 36.4. The number of nitrogens with zero attached hydrogens (tertiary/aromatic N) is 3. The second-order valence-corrected chi connectivity index (χ2v) is 23.1. The molecule has 0 aromatic heterocycles. The molecule has 1 aliphatic rings. The number of rotatable bonds is 29. The predicted molar refractivity (Wildman–Crippen MR) is 343 cm³/mol. The minimum atomic E-state index is -0.758. The zero-order valence-corrected chi connectivity index (χ0v) is 52.1. The number of halogens is 2. The van der Waals surface area contributed by atoms with Crippen molar-refractivity contribution in [3.63, 3.8) is 0 Å². The Bertz CT molecular complexity index is 3550. The van der Waals surface area contributed by atoms with Crippen molar-refractivity contribution in [1.29, 1.82) is 0 Å². The van der Waals surface area contributed by atoms with E-state index in [0.29, 0.717) is 71.2 Å². The van der Waals surface area contributed by atoms with Gasteiger partial charge in [0, 0.05) is 39.9 Å². The molecule has 7 aromatic carbocycles. The van der Waals surface area contributed by atoms with Crippen LogP contribution in [-0.2, 0) is 22.5 Å². The highest BCUT2D eigenvalue weighted by Crippen LogP contribution is 2.47. The number of ether oxygens (including phenoxy) is 6. The standard InChI is InChI=1S/C72H79Cl2N3O8/c1-9-12-14-18-22-62(55-27-31-58(32-28-55)76-77-67-51(7)39-48(4)40-52(67)8)75-68-65(71(79)84-59-33-36-64(50(6)42-59)83-44-54-25-23-53(24-26-54)21-17-13-10-2)61-43-57(73)30-34-60(61)69(66(68)74)85-70(78)56-29-35-63(49(5)41-56)82-38-20-16-15-19-37-80-45-72(11-3)46-81-47-72/h23-36,39-43H,10-11,13-22,37-38,44-47H2,1-8H3. The maximum atomic E-state index is 15.1. The van der Waals surface area contributed by atoms with Gasteiger partial charge in [-0.1, -0.05) is 110 Å². The molecule has 0 amide bonds. The van der Waals surface area contributed by atoms with E-state index in [1.165, 1.54) is 24.8 Å². The summed E-state index contributed by atoms with van der Waals surface area (Å²) in [6, 6.07) is 35.7. The molecular weight excluding hydrogens is 1110 g/mol. The quantitative estimate of drug-likeness (QED) is 0.0113. The third-order valence-electron chi connectivity index (χ3n) is 15.4. The number of hydrogen-bond acceptors (Lipinski definition) is 11. The number of fused-ring (bicyclic) bond motifs is 1. The Hall–Kier alpha value is -7.33. The zero-order chi connectivity index (χ0) is 60.3. The highest BCUT2D eigenvalue weighted by atomic mass is 35.5. The fourth-order valence-electron chi connectivity index (χ4n) is 10.4. The molecule has 0 radical (unpaired) electrons. The second-order valence-electron chi connectivity index (χ2n) is 22.3. The van der Waals surface area contributed by atoms with Crippen molar-refractivity contribution < 1.29 is 38.0 Å². The van der Waals surface area contributed by atoms with Crippen LogP contribution in [0.3, 0.4) is 0 Å². The smallest absolute Gasteiger partial charge is 0.346 e. The van der Waals surface area contributed by atoms with Gasteiger partial charge in [0.25, 0.3) is 0 Å². The molecule has 85 heavy (non-hydrogen) atoms. The van der Waals surface area contributed by atoms with Crippen molar-refractivity contribution in [2.24, 2.45) is 20.6 Å². The normalized spacial score (nSPS) is 12.9. The van der Waals surface area contributed by atoms with Crippen LogP contribution in [-0.4, -0.2) is 50.7 Å². The zero-order valence-electron chi connectivity index (χ0n) is 50.6. The van der Waals surface area contributed by atoms with Crippen molar-refractivity contribution in [3.05, 3.63) is 181 Å². The summed E-state index contributed by atoms with van der Waals surface area (Å²) in [6.45, 7) is 20.1. The molecule has 8 rings (SSSR count). The van der Waals surface area contributed by atoms with E-state index in [1.54, 1.807) is 61.5 Å². The molecule has 11 nitrogen and oxygen atoms in total. The van der Waals surface area contributed by atoms with Crippen molar-refractivity contribution >= 4 is 68.7 Å². The average Bonchev–Trinajstić information content (AvgIpc) is 1.17. The van der Waals surface area contributed by atoms with Gasteiger partial charge < -0.3 is 28.4 Å². The molecule has 7 aromatic rings. The predicted octanol–water partition coefficient (Wildman–Crippen LogP) is 19.6. The molecule has 13 heteroatoms. The SMILES string of the molecule is CC#CCCCC(=Nc1c(Cl)c(OC(=O)c2ccc(OCCCCCCOCC3(CC)COC3)c(C)c2)c2ccc(Cl)cc2c1C(=O)Oc1ccc(OCc2ccc(CCCCC)cc2)c(C)c1)c1ccc(N=Nc2c(C)cc(C)cc2C)cc1. The first-order valence-corrected chi connectivity index (χ1v) is 30.6. The highest BCUT2D eigenvalue weighted by Gasteiger charge is 2.37. The van der Waals surface area contributed by atoms with E-state index >= 15 is 4.79 Å². The monoisotopic (exact) mass is 1180 g/mol. The maximum Gasteiger partial charge on any atom is 0.346 e. The summed E-state index contributed by atoms with van der Waals surface area (Å²) in [5, 5.41) is 10.1. The van der Waals surface area contributed by atoms with Crippen molar-refractivity contribution in [1.82, 2.24) is 0 Å². The molecule has 444 valence electrons. The summed E-state index contributed by atoms with van der Waals surface area (Å²) in [6.07, 6.45) is 11.3. The molecule has 1 saturated heterocycles. The van der Waals surface area contributed by atoms with Gasteiger partial charge >= 0.3 is 11.9 Å². The van der Waals surface area contributed by atoms with Crippen molar-refractivity contribution in [2.45, 2.75) is 139 Å². The molecule has 0 saturated carbocycles. The van der Waals surface area contributed by atoms with Crippen LogP contribution >= 0.6 is 23.2 Å². The fraction of sp³-hybridized carbons (Fsp3) is 0.375. The summed E-state index contributed by atoms with van der Waals surface area (Å²) in [5.74, 6) is 6.30. The van der Waals surface area contributed by atoms with Gasteiger partial charge in [-0.25, -0.2) is 9.59 Å². The van der Waals surface area contributed by atoms with Gasteiger partial charge in [0.1, 0.15) is 34.6 Å². The van der Waals surface area contributed by atoms with Crippen LogP contribution < -0.4 is 18.9 Å². The van der Waals surface area contributed by atoms with Gasteiger partial charge in [-0.15, -0.1) is 11.8 Å². The summed E-state index contributed by atoms with van der Waals surface area (Å²) >= 11 is 14.3. The number of hydrogen-bond donors (Lipinski definition) is 0. The average molecular weight is 1190 g/mol. The Labute approximate surface area is 512 Å².